The number of hydrogen-bond donors (Lipinski definition) is 2. The van der Waals surface area contributed by atoms with Crippen LogP contribution in [0.1, 0.15) is 70.6 Å². The van der Waals surface area contributed by atoms with Gasteiger partial charge in [0.15, 0.2) is 0 Å². The summed E-state index contributed by atoms with van der Waals surface area (Å²) in [6.45, 7) is 1.05. The van der Waals surface area contributed by atoms with Crippen LogP contribution in [0.3, 0.4) is 0 Å². The zero-order valence-electron chi connectivity index (χ0n) is 10.6. The minimum absolute atomic E-state index is 0.116. The lowest BCUT2D eigenvalue weighted by atomic mass is 9.82. The van der Waals surface area contributed by atoms with E-state index in [1.807, 2.05) is 0 Å². The van der Waals surface area contributed by atoms with E-state index >= 15 is 0 Å². The molecule has 0 heterocycles. The maximum absolute atomic E-state index is 6.45. The summed E-state index contributed by atoms with van der Waals surface area (Å²) in [5.41, 5.74) is 6.57. The molecule has 16 heavy (non-hydrogen) atoms. The van der Waals surface area contributed by atoms with Crippen molar-refractivity contribution in [2.45, 2.75) is 82.2 Å². The van der Waals surface area contributed by atoms with Gasteiger partial charge < -0.3 is 11.1 Å². The SMILES string of the molecule is NC1(CNC2CCCCCC2)CCCCC1. The van der Waals surface area contributed by atoms with Gasteiger partial charge in [-0.1, -0.05) is 44.9 Å². The molecule has 94 valence electrons. The van der Waals surface area contributed by atoms with Gasteiger partial charge in [0.25, 0.3) is 0 Å². The lowest BCUT2D eigenvalue weighted by molar-refractivity contribution is 0.268. The number of rotatable bonds is 3. The summed E-state index contributed by atoms with van der Waals surface area (Å²) in [5, 5.41) is 3.75. The average molecular weight is 224 g/mol. The maximum Gasteiger partial charge on any atom is 0.0280 e. The molecule has 0 aromatic heterocycles. The number of nitrogens with one attached hydrogen (secondary N) is 1. The molecule has 0 bridgehead atoms. The molecule has 0 saturated heterocycles. The summed E-state index contributed by atoms with van der Waals surface area (Å²) in [6.07, 6.45) is 15.0. The van der Waals surface area contributed by atoms with E-state index in [1.54, 1.807) is 0 Å². The van der Waals surface area contributed by atoms with Crippen LogP contribution in [0.25, 0.3) is 0 Å². The Kier molecular flexibility index (Phi) is 4.66. The fraction of sp³-hybridized carbons (Fsp3) is 1.00. The minimum atomic E-state index is 0.116. The van der Waals surface area contributed by atoms with E-state index < -0.39 is 0 Å². The fourth-order valence-corrected chi connectivity index (χ4v) is 3.26. The molecule has 3 N–H and O–H groups in total. The van der Waals surface area contributed by atoms with Crippen molar-refractivity contribution in [1.29, 1.82) is 0 Å². The number of hydrogen-bond acceptors (Lipinski definition) is 2. The molecule has 0 atom stereocenters. The molecule has 2 nitrogen and oxygen atoms in total. The van der Waals surface area contributed by atoms with Crippen molar-refractivity contribution < 1.29 is 0 Å². The molecule has 0 radical (unpaired) electrons. The van der Waals surface area contributed by atoms with E-state index in [2.05, 4.69) is 5.32 Å². The topological polar surface area (TPSA) is 38.0 Å². The zero-order valence-corrected chi connectivity index (χ0v) is 10.6. The Morgan fingerprint density at radius 2 is 1.44 bits per heavy atom. The summed E-state index contributed by atoms with van der Waals surface area (Å²) >= 11 is 0. The summed E-state index contributed by atoms with van der Waals surface area (Å²) in [7, 11) is 0. The second-order valence-corrected chi connectivity index (χ2v) is 5.99. The van der Waals surface area contributed by atoms with Crippen molar-refractivity contribution in [3.8, 4) is 0 Å². The Balaban J connectivity index is 1.72. The van der Waals surface area contributed by atoms with Crippen LogP contribution in [0, 0.1) is 0 Å². The zero-order chi connectivity index (χ0) is 11.3. The molecule has 0 aromatic rings. The molecule has 0 spiro atoms. The average Bonchev–Trinajstić information content (AvgIpc) is 2.56. The summed E-state index contributed by atoms with van der Waals surface area (Å²) in [5.74, 6) is 0. The summed E-state index contributed by atoms with van der Waals surface area (Å²) in [6, 6.07) is 0.754. The third kappa shape index (κ3) is 3.74. The third-order valence-electron chi connectivity index (χ3n) is 4.45. The first-order chi connectivity index (χ1) is 7.79. The predicted octanol–water partition coefficient (Wildman–Crippen LogP) is 2.96. The molecule has 0 amide bonds. The maximum atomic E-state index is 6.45. The number of nitrogens with two attached hydrogens (primary N) is 1. The van der Waals surface area contributed by atoms with Crippen LogP contribution in [0.15, 0.2) is 0 Å². The third-order valence-corrected chi connectivity index (χ3v) is 4.45. The van der Waals surface area contributed by atoms with Gasteiger partial charge in [-0.15, -0.1) is 0 Å². The standard InChI is InChI=1S/C14H28N2/c15-14(10-6-3-7-11-14)12-16-13-8-4-1-2-5-9-13/h13,16H,1-12,15H2. The van der Waals surface area contributed by atoms with Crippen molar-refractivity contribution >= 4 is 0 Å². The predicted molar refractivity (Wildman–Crippen MR) is 69.5 cm³/mol. The van der Waals surface area contributed by atoms with Gasteiger partial charge in [-0.05, 0) is 25.7 Å². The van der Waals surface area contributed by atoms with Gasteiger partial charge in [-0.3, -0.25) is 0 Å². The second-order valence-electron chi connectivity index (χ2n) is 5.99. The van der Waals surface area contributed by atoms with Gasteiger partial charge in [0.1, 0.15) is 0 Å². The molecule has 0 unspecified atom stereocenters. The van der Waals surface area contributed by atoms with Gasteiger partial charge in [0.2, 0.25) is 0 Å². The van der Waals surface area contributed by atoms with E-state index in [0.717, 1.165) is 12.6 Å². The molecular formula is C14H28N2. The van der Waals surface area contributed by atoms with Crippen molar-refractivity contribution in [1.82, 2.24) is 5.32 Å². The van der Waals surface area contributed by atoms with Crippen LogP contribution in [-0.4, -0.2) is 18.1 Å². The Bertz CT molecular complexity index is 189. The first kappa shape index (κ1) is 12.4. The quantitative estimate of drug-likeness (QED) is 0.723. The molecule has 0 aromatic carbocycles. The van der Waals surface area contributed by atoms with Crippen molar-refractivity contribution in [2.24, 2.45) is 5.73 Å². The lowest BCUT2D eigenvalue weighted by Gasteiger charge is -2.35. The fourth-order valence-electron chi connectivity index (χ4n) is 3.26. The highest BCUT2D eigenvalue weighted by molar-refractivity contribution is 4.90. The molecule has 2 aliphatic rings. The Morgan fingerprint density at radius 3 is 2.06 bits per heavy atom. The Hall–Kier alpha value is -0.0800. The van der Waals surface area contributed by atoms with Gasteiger partial charge in [0.05, 0.1) is 0 Å². The molecule has 0 aliphatic heterocycles. The summed E-state index contributed by atoms with van der Waals surface area (Å²) in [4.78, 5) is 0. The van der Waals surface area contributed by atoms with Crippen LogP contribution in [0.2, 0.25) is 0 Å². The molecule has 2 heteroatoms. The molecule has 2 saturated carbocycles. The van der Waals surface area contributed by atoms with Crippen LogP contribution in [0.5, 0.6) is 0 Å². The van der Waals surface area contributed by atoms with E-state index in [1.165, 1.54) is 70.6 Å². The minimum Gasteiger partial charge on any atom is -0.324 e. The van der Waals surface area contributed by atoms with Gasteiger partial charge >= 0.3 is 0 Å². The molecule has 2 rings (SSSR count). The molecule has 2 fully saturated rings. The van der Waals surface area contributed by atoms with E-state index in [-0.39, 0.29) is 5.54 Å². The van der Waals surface area contributed by atoms with Crippen LogP contribution >= 0.6 is 0 Å². The summed E-state index contributed by atoms with van der Waals surface area (Å²) < 4.78 is 0. The second kappa shape index (κ2) is 6.02. The van der Waals surface area contributed by atoms with E-state index in [0.29, 0.717) is 0 Å². The molecular weight excluding hydrogens is 196 g/mol. The highest BCUT2D eigenvalue weighted by Crippen LogP contribution is 2.26. The van der Waals surface area contributed by atoms with Gasteiger partial charge in [-0.25, -0.2) is 0 Å². The van der Waals surface area contributed by atoms with Crippen LogP contribution in [0.4, 0.5) is 0 Å². The van der Waals surface area contributed by atoms with Crippen molar-refractivity contribution in [3.05, 3.63) is 0 Å². The smallest absolute Gasteiger partial charge is 0.0280 e. The first-order valence-electron chi connectivity index (χ1n) is 7.31. The van der Waals surface area contributed by atoms with Gasteiger partial charge in [0, 0.05) is 18.1 Å². The van der Waals surface area contributed by atoms with E-state index in [4.69, 9.17) is 5.73 Å². The molecule has 2 aliphatic carbocycles. The highest BCUT2D eigenvalue weighted by Gasteiger charge is 2.27. The van der Waals surface area contributed by atoms with Gasteiger partial charge in [-0.2, -0.15) is 0 Å². The first-order valence-corrected chi connectivity index (χ1v) is 7.31. The monoisotopic (exact) mass is 224 g/mol. The van der Waals surface area contributed by atoms with E-state index in [9.17, 15) is 0 Å². The largest absolute Gasteiger partial charge is 0.324 e. The Labute approximate surface area is 100 Å². The van der Waals surface area contributed by atoms with Crippen molar-refractivity contribution in [3.63, 3.8) is 0 Å². The van der Waals surface area contributed by atoms with Crippen molar-refractivity contribution in [2.75, 3.05) is 6.54 Å². The Morgan fingerprint density at radius 1 is 0.875 bits per heavy atom. The normalized spacial score (nSPS) is 27.6. The highest BCUT2D eigenvalue weighted by atomic mass is 15.0. The van der Waals surface area contributed by atoms with Crippen LogP contribution in [-0.2, 0) is 0 Å². The van der Waals surface area contributed by atoms with Crippen LogP contribution < -0.4 is 11.1 Å². The lowest BCUT2D eigenvalue weighted by Crippen LogP contribution is -2.52.